The number of rotatable bonds is 6. The number of aryl methyl sites for hydroxylation is 2. The number of amides is 1. The fourth-order valence-electron chi connectivity index (χ4n) is 3.53. The number of nitrogens with one attached hydrogen (secondary N) is 1. The number of hydrogen-bond acceptors (Lipinski definition) is 3. The Morgan fingerprint density at radius 3 is 2.39 bits per heavy atom. The Morgan fingerprint density at radius 1 is 1.11 bits per heavy atom. The second-order valence-corrected chi connectivity index (χ2v) is 10.4. The molecule has 0 aliphatic heterocycles. The minimum Gasteiger partial charge on any atom is -0.348 e. The first kappa shape index (κ1) is 21.1. The molecule has 0 bridgehead atoms. The van der Waals surface area contributed by atoms with E-state index in [4.69, 9.17) is 0 Å². The molecule has 2 aromatic carbocycles. The van der Waals surface area contributed by atoms with Crippen molar-refractivity contribution >= 4 is 44.2 Å². The van der Waals surface area contributed by atoms with Crippen LogP contribution >= 0.6 is 22.6 Å². The molecule has 0 spiro atoms. The van der Waals surface area contributed by atoms with Crippen LogP contribution in [0.5, 0.6) is 0 Å². The highest BCUT2D eigenvalue weighted by atomic mass is 127. The van der Waals surface area contributed by atoms with Crippen molar-refractivity contribution in [2.45, 2.75) is 38.6 Å². The largest absolute Gasteiger partial charge is 0.348 e. The van der Waals surface area contributed by atoms with E-state index in [2.05, 4.69) is 46.1 Å². The summed E-state index contributed by atoms with van der Waals surface area (Å²) in [6, 6.07) is 13.3. The van der Waals surface area contributed by atoms with E-state index in [-0.39, 0.29) is 18.5 Å². The smallest absolute Gasteiger partial charge is 0.241 e. The molecule has 1 N–H and O–H groups in total. The topological polar surface area (TPSA) is 66.5 Å². The van der Waals surface area contributed by atoms with E-state index in [1.807, 2.05) is 19.1 Å². The molecule has 28 heavy (non-hydrogen) atoms. The van der Waals surface area contributed by atoms with Crippen molar-refractivity contribution in [2.75, 3.05) is 17.1 Å². The van der Waals surface area contributed by atoms with Gasteiger partial charge in [-0.1, -0.05) is 18.2 Å². The van der Waals surface area contributed by atoms with Crippen LogP contribution in [0.3, 0.4) is 0 Å². The fourth-order valence-corrected chi connectivity index (χ4v) is 4.75. The lowest BCUT2D eigenvalue weighted by Crippen LogP contribution is -2.41. The summed E-state index contributed by atoms with van der Waals surface area (Å²) in [6.07, 6.45) is 5.76. The number of fused-ring (bicyclic) bond motifs is 1. The maximum absolute atomic E-state index is 12.6. The number of carbonyl (C=O) groups is 1. The molecule has 2 aromatic rings. The van der Waals surface area contributed by atoms with Gasteiger partial charge in [0.1, 0.15) is 6.54 Å². The normalized spacial score (nSPS) is 14.8. The molecule has 1 unspecified atom stereocenters. The molecule has 150 valence electrons. The third kappa shape index (κ3) is 5.26. The van der Waals surface area contributed by atoms with Gasteiger partial charge in [0.25, 0.3) is 0 Å². The Kier molecular flexibility index (Phi) is 6.65. The molecule has 1 aliphatic rings. The van der Waals surface area contributed by atoms with Crippen molar-refractivity contribution in [3.63, 3.8) is 0 Å². The van der Waals surface area contributed by atoms with Gasteiger partial charge in [0, 0.05) is 3.57 Å². The third-order valence-corrected chi connectivity index (χ3v) is 6.91. The molecule has 0 saturated carbocycles. The predicted molar refractivity (Wildman–Crippen MR) is 121 cm³/mol. The molecule has 1 amide bonds. The Balaban J connectivity index is 1.71. The number of hydrogen-bond donors (Lipinski definition) is 1. The molecular formula is C21H25IN2O3S. The van der Waals surface area contributed by atoms with E-state index in [9.17, 15) is 13.2 Å². The maximum Gasteiger partial charge on any atom is 0.241 e. The van der Waals surface area contributed by atoms with Crippen molar-refractivity contribution in [3.8, 4) is 0 Å². The lowest BCUT2D eigenvalue weighted by Gasteiger charge is -2.24. The molecule has 1 aliphatic carbocycles. The minimum atomic E-state index is -3.57. The SMILES string of the molecule is CC(NC(=O)CN(c1ccc(I)cc1)S(C)(=O)=O)c1ccc2c(c1)CCCC2. The van der Waals surface area contributed by atoms with Crippen molar-refractivity contribution in [1.82, 2.24) is 5.32 Å². The summed E-state index contributed by atoms with van der Waals surface area (Å²) in [5.41, 5.74) is 4.30. The maximum atomic E-state index is 12.6. The number of halogens is 1. The first-order valence-electron chi connectivity index (χ1n) is 9.38. The van der Waals surface area contributed by atoms with E-state index >= 15 is 0 Å². The number of benzene rings is 2. The van der Waals surface area contributed by atoms with Crippen LogP contribution in [0.25, 0.3) is 0 Å². The Morgan fingerprint density at radius 2 is 1.75 bits per heavy atom. The summed E-state index contributed by atoms with van der Waals surface area (Å²) >= 11 is 2.16. The second-order valence-electron chi connectivity index (χ2n) is 7.27. The van der Waals surface area contributed by atoms with Crippen molar-refractivity contribution in [2.24, 2.45) is 0 Å². The van der Waals surface area contributed by atoms with Gasteiger partial charge in [0.15, 0.2) is 0 Å². The monoisotopic (exact) mass is 512 g/mol. The second kappa shape index (κ2) is 8.82. The third-order valence-electron chi connectivity index (χ3n) is 5.05. The summed E-state index contributed by atoms with van der Waals surface area (Å²) < 4.78 is 26.6. The van der Waals surface area contributed by atoms with Crippen molar-refractivity contribution < 1.29 is 13.2 Å². The number of anilines is 1. The first-order chi connectivity index (χ1) is 13.2. The standard InChI is InChI=1S/C21H25IN2O3S/c1-15(17-8-7-16-5-3-4-6-18(16)13-17)23-21(25)14-24(28(2,26)27)20-11-9-19(22)10-12-20/h7-13,15H,3-6,14H2,1-2H3,(H,23,25). The van der Waals surface area contributed by atoms with Crippen LogP contribution in [0.2, 0.25) is 0 Å². The van der Waals surface area contributed by atoms with E-state index in [0.717, 1.165) is 32.5 Å². The summed E-state index contributed by atoms with van der Waals surface area (Å²) in [7, 11) is -3.57. The van der Waals surface area contributed by atoms with Crippen molar-refractivity contribution in [1.29, 1.82) is 0 Å². The summed E-state index contributed by atoms with van der Waals surface area (Å²) in [5, 5.41) is 2.94. The molecule has 0 fully saturated rings. The average Bonchev–Trinajstić information content (AvgIpc) is 2.65. The van der Waals surface area contributed by atoms with Gasteiger partial charge in [-0.3, -0.25) is 9.10 Å². The van der Waals surface area contributed by atoms with Gasteiger partial charge in [-0.15, -0.1) is 0 Å². The Hall–Kier alpha value is -1.61. The zero-order valence-corrected chi connectivity index (χ0v) is 19.1. The van der Waals surface area contributed by atoms with Gasteiger partial charge in [-0.25, -0.2) is 8.42 Å². The Labute approximate surface area is 180 Å². The molecule has 0 radical (unpaired) electrons. The first-order valence-corrected chi connectivity index (χ1v) is 12.3. The van der Waals surface area contributed by atoms with Gasteiger partial charge in [0.2, 0.25) is 15.9 Å². The molecule has 7 heteroatoms. The molecular weight excluding hydrogens is 487 g/mol. The predicted octanol–water partition coefficient (Wildman–Crippen LogP) is 3.81. The fraction of sp³-hybridized carbons (Fsp3) is 0.381. The van der Waals surface area contributed by atoms with Crippen LogP contribution in [0.1, 0.15) is 42.5 Å². The highest BCUT2D eigenvalue weighted by Crippen LogP contribution is 2.25. The molecule has 0 saturated heterocycles. The van der Waals surface area contributed by atoms with Gasteiger partial charge in [0.05, 0.1) is 18.0 Å². The number of carbonyl (C=O) groups excluding carboxylic acids is 1. The van der Waals surface area contributed by atoms with Crippen LogP contribution in [0.4, 0.5) is 5.69 Å². The van der Waals surface area contributed by atoms with Crippen LogP contribution < -0.4 is 9.62 Å². The summed E-state index contributed by atoms with van der Waals surface area (Å²) in [4.78, 5) is 12.6. The van der Waals surface area contributed by atoms with Crippen LogP contribution in [0.15, 0.2) is 42.5 Å². The quantitative estimate of drug-likeness (QED) is 0.599. The van der Waals surface area contributed by atoms with Crippen LogP contribution in [-0.4, -0.2) is 27.1 Å². The highest BCUT2D eigenvalue weighted by molar-refractivity contribution is 14.1. The highest BCUT2D eigenvalue weighted by Gasteiger charge is 2.22. The Bertz CT molecular complexity index is 958. The lowest BCUT2D eigenvalue weighted by atomic mass is 9.89. The van der Waals surface area contributed by atoms with E-state index in [0.29, 0.717) is 5.69 Å². The number of sulfonamides is 1. The molecule has 3 rings (SSSR count). The molecule has 1 atom stereocenters. The molecule has 0 aromatic heterocycles. The van der Waals surface area contributed by atoms with E-state index in [1.54, 1.807) is 12.1 Å². The minimum absolute atomic E-state index is 0.183. The average molecular weight is 512 g/mol. The molecule has 0 heterocycles. The van der Waals surface area contributed by atoms with Gasteiger partial charge in [-0.2, -0.15) is 0 Å². The summed E-state index contributed by atoms with van der Waals surface area (Å²) in [5.74, 6) is -0.325. The molecule has 5 nitrogen and oxygen atoms in total. The van der Waals surface area contributed by atoms with Crippen LogP contribution in [0, 0.1) is 3.57 Å². The van der Waals surface area contributed by atoms with Gasteiger partial charge in [-0.05, 0) is 96.2 Å². The zero-order chi connectivity index (χ0) is 20.3. The number of nitrogens with zero attached hydrogens (tertiary/aromatic N) is 1. The zero-order valence-electron chi connectivity index (χ0n) is 16.1. The van der Waals surface area contributed by atoms with Crippen LogP contribution in [-0.2, 0) is 27.7 Å². The van der Waals surface area contributed by atoms with E-state index < -0.39 is 10.0 Å². The van der Waals surface area contributed by atoms with E-state index in [1.165, 1.54) is 24.0 Å². The van der Waals surface area contributed by atoms with Crippen molar-refractivity contribution in [3.05, 3.63) is 62.7 Å². The van der Waals surface area contributed by atoms with Gasteiger partial charge < -0.3 is 5.32 Å². The lowest BCUT2D eigenvalue weighted by molar-refractivity contribution is -0.120. The summed E-state index contributed by atoms with van der Waals surface area (Å²) in [6.45, 7) is 1.69. The van der Waals surface area contributed by atoms with Gasteiger partial charge >= 0.3 is 0 Å².